The summed E-state index contributed by atoms with van der Waals surface area (Å²) in [5.74, 6) is 1.29. The molecule has 2 aromatic carbocycles. The van der Waals surface area contributed by atoms with Gasteiger partial charge < -0.3 is 14.8 Å². The highest BCUT2D eigenvalue weighted by molar-refractivity contribution is 6.31. The van der Waals surface area contributed by atoms with Crippen LogP contribution >= 0.6 is 11.6 Å². The van der Waals surface area contributed by atoms with Crippen molar-refractivity contribution in [1.82, 2.24) is 0 Å². The van der Waals surface area contributed by atoms with E-state index in [2.05, 4.69) is 5.32 Å². The van der Waals surface area contributed by atoms with Gasteiger partial charge in [-0.15, -0.1) is 0 Å². The van der Waals surface area contributed by atoms with Crippen molar-refractivity contribution in [2.45, 2.75) is 33.0 Å². The molecule has 0 aromatic heterocycles. The van der Waals surface area contributed by atoms with Crippen LogP contribution in [0, 0.1) is 0 Å². The SMILES string of the molecule is CCCOc1cccc(OCC)c1CNc1ccc(Cl)c(C(F)(F)F)c1. The first-order chi connectivity index (χ1) is 12.4. The Balaban J connectivity index is 2.25. The minimum Gasteiger partial charge on any atom is -0.493 e. The zero-order valence-corrected chi connectivity index (χ0v) is 15.4. The van der Waals surface area contributed by atoms with Crippen molar-refractivity contribution in [3.05, 3.63) is 52.5 Å². The normalized spacial score (nSPS) is 11.3. The topological polar surface area (TPSA) is 30.5 Å². The van der Waals surface area contributed by atoms with Gasteiger partial charge in [0.05, 0.1) is 29.4 Å². The van der Waals surface area contributed by atoms with Crippen LogP contribution in [-0.2, 0) is 12.7 Å². The summed E-state index contributed by atoms with van der Waals surface area (Å²) in [6.45, 7) is 5.14. The fourth-order valence-corrected chi connectivity index (χ4v) is 2.63. The summed E-state index contributed by atoms with van der Waals surface area (Å²) in [4.78, 5) is 0. The molecule has 7 heteroatoms. The number of hydrogen-bond acceptors (Lipinski definition) is 3. The molecule has 1 N–H and O–H groups in total. The molecular formula is C19H21ClF3NO2. The van der Waals surface area contributed by atoms with Crippen molar-refractivity contribution in [3.63, 3.8) is 0 Å². The Morgan fingerprint density at radius 2 is 1.73 bits per heavy atom. The van der Waals surface area contributed by atoms with Crippen molar-refractivity contribution in [3.8, 4) is 11.5 Å². The van der Waals surface area contributed by atoms with Crippen LogP contribution in [0.3, 0.4) is 0 Å². The number of anilines is 1. The minimum atomic E-state index is -4.51. The minimum absolute atomic E-state index is 0.258. The molecule has 0 heterocycles. The molecule has 0 unspecified atom stereocenters. The van der Waals surface area contributed by atoms with Gasteiger partial charge in [0, 0.05) is 12.2 Å². The molecule has 0 spiro atoms. The lowest BCUT2D eigenvalue weighted by atomic mass is 10.1. The van der Waals surface area contributed by atoms with E-state index in [1.54, 1.807) is 0 Å². The van der Waals surface area contributed by atoms with E-state index >= 15 is 0 Å². The monoisotopic (exact) mass is 387 g/mol. The zero-order valence-electron chi connectivity index (χ0n) is 14.6. The highest BCUT2D eigenvalue weighted by Gasteiger charge is 2.33. The van der Waals surface area contributed by atoms with Gasteiger partial charge in [-0.25, -0.2) is 0 Å². The number of hydrogen-bond donors (Lipinski definition) is 1. The number of rotatable bonds is 8. The largest absolute Gasteiger partial charge is 0.493 e. The second-order valence-corrected chi connectivity index (χ2v) is 5.97. The van der Waals surface area contributed by atoms with Gasteiger partial charge in [-0.2, -0.15) is 13.2 Å². The maximum Gasteiger partial charge on any atom is 0.417 e. The van der Waals surface area contributed by atoms with E-state index in [9.17, 15) is 13.2 Å². The molecule has 3 nitrogen and oxygen atoms in total. The standard InChI is InChI=1S/C19H21ClF3NO2/c1-3-10-26-18-7-5-6-17(25-4-2)14(18)12-24-13-8-9-16(20)15(11-13)19(21,22)23/h5-9,11,24H,3-4,10,12H2,1-2H3. The lowest BCUT2D eigenvalue weighted by molar-refractivity contribution is -0.137. The van der Waals surface area contributed by atoms with Gasteiger partial charge >= 0.3 is 6.18 Å². The quantitative estimate of drug-likeness (QED) is 0.588. The summed E-state index contributed by atoms with van der Waals surface area (Å²) >= 11 is 5.66. The summed E-state index contributed by atoms with van der Waals surface area (Å²) < 4.78 is 50.4. The van der Waals surface area contributed by atoms with Crippen LogP contribution in [0.4, 0.5) is 18.9 Å². The van der Waals surface area contributed by atoms with Crippen LogP contribution in [0.5, 0.6) is 11.5 Å². The summed E-state index contributed by atoms with van der Waals surface area (Å²) in [7, 11) is 0. The highest BCUT2D eigenvalue weighted by Crippen LogP contribution is 2.36. The molecule has 0 aliphatic rings. The van der Waals surface area contributed by atoms with Crippen LogP contribution in [-0.4, -0.2) is 13.2 Å². The fourth-order valence-electron chi connectivity index (χ4n) is 2.40. The van der Waals surface area contributed by atoms with Gasteiger partial charge in [0.1, 0.15) is 11.5 Å². The first-order valence-corrected chi connectivity index (χ1v) is 8.72. The average molecular weight is 388 g/mol. The van der Waals surface area contributed by atoms with Crippen molar-refractivity contribution in [2.24, 2.45) is 0 Å². The third-order valence-corrected chi connectivity index (χ3v) is 3.92. The first-order valence-electron chi connectivity index (χ1n) is 8.34. The second kappa shape index (κ2) is 9.03. The lowest BCUT2D eigenvalue weighted by Crippen LogP contribution is -2.09. The van der Waals surface area contributed by atoms with Gasteiger partial charge in [0.25, 0.3) is 0 Å². The molecule has 0 aliphatic heterocycles. The molecular weight excluding hydrogens is 367 g/mol. The Morgan fingerprint density at radius 3 is 2.35 bits per heavy atom. The van der Waals surface area contributed by atoms with Crippen molar-refractivity contribution in [2.75, 3.05) is 18.5 Å². The molecule has 142 valence electrons. The molecule has 0 atom stereocenters. The van der Waals surface area contributed by atoms with Gasteiger partial charge in [-0.3, -0.25) is 0 Å². The molecule has 0 saturated heterocycles. The van der Waals surface area contributed by atoms with Crippen LogP contribution in [0.25, 0.3) is 0 Å². The molecule has 2 rings (SSSR count). The molecule has 2 aromatic rings. The molecule has 0 bridgehead atoms. The Kier molecular flexibility index (Phi) is 7.03. The van der Waals surface area contributed by atoms with Gasteiger partial charge in [-0.05, 0) is 43.7 Å². The summed E-state index contributed by atoms with van der Waals surface area (Å²) in [6, 6.07) is 9.19. The lowest BCUT2D eigenvalue weighted by Gasteiger charge is -2.17. The van der Waals surface area contributed by atoms with E-state index in [0.29, 0.717) is 30.4 Å². The maximum absolute atomic E-state index is 13.0. The summed E-state index contributed by atoms with van der Waals surface area (Å²) in [5, 5.41) is 2.67. The second-order valence-electron chi connectivity index (χ2n) is 5.56. The predicted molar refractivity (Wildman–Crippen MR) is 97.2 cm³/mol. The molecule has 0 amide bonds. The molecule has 26 heavy (non-hydrogen) atoms. The number of ether oxygens (including phenoxy) is 2. The van der Waals surface area contributed by atoms with E-state index in [1.165, 1.54) is 12.1 Å². The third kappa shape index (κ3) is 5.21. The number of benzene rings is 2. The van der Waals surface area contributed by atoms with Crippen LogP contribution in [0.1, 0.15) is 31.4 Å². The van der Waals surface area contributed by atoms with E-state index in [4.69, 9.17) is 21.1 Å². The average Bonchev–Trinajstić information content (AvgIpc) is 2.59. The Labute approximate surface area is 156 Å². The first kappa shape index (κ1) is 20.2. The van der Waals surface area contributed by atoms with Crippen LogP contribution in [0.15, 0.2) is 36.4 Å². The highest BCUT2D eigenvalue weighted by atomic mass is 35.5. The van der Waals surface area contributed by atoms with Gasteiger partial charge in [0.15, 0.2) is 0 Å². The van der Waals surface area contributed by atoms with Gasteiger partial charge in [0.2, 0.25) is 0 Å². The van der Waals surface area contributed by atoms with Crippen LogP contribution in [0.2, 0.25) is 5.02 Å². The van der Waals surface area contributed by atoms with Gasteiger partial charge in [-0.1, -0.05) is 24.6 Å². The Morgan fingerprint density at radius 1 is 1.04 bits per heavy atom. The van der Waals surface area contributed by atoms with E-state index in [1.807, 2.05) is 32.0 Å². The van der Waals surface area contributed by atoms with Crippen LogP contribution < -0.4 is 14.8 Å². The molecule has 0 aliphatic carbocycles. The third-order valence-electron chi connectivity index (χ3n) is 3.59. The van der Waals surface area contributed by atoms with E-state index in [-0.39, 0.29) is 11.6 Å². The van der Waals surface area contributed by atoms with E-state index in [0.717, 1.165) is 18.1 Å². The van der Waals surface area contributed by atoms with Crippen molar-refractivity contribution >= 4 is 17.3 Å². The summed E-state index contributed by atoms with van der Waals surface area (Å²) in [5.41, 5.74) is 0.200. The maximum atomic E-state index is 13.0. The molecule has 0 saturated carbocycles. The van der Waals surface area contributed by atoms with E-state index < -0.39 is 11.7 Å². The number of halogens is 4. The molecule has 0 fully saturated rings. The zero-order chi connectivity index (χ0) is 19.2. The smallest absolute Gasteiger partial charge is 0.417 e. The number of nitrogens with one attached hydrogen (secondary N) is 1. The number of alkyl halides is 3. The fraction of sp³-hybridized carbons (Fsp3) is 0.368. The Bertz CT molecular complexity index is 735. The van der Waals surface area contributed by atoms with Crippen molar-refractivity contribution < 1.29 is 22.6 Å². The van der Waals surface area contributed by atoms with Crippen molar-refractivity contribution in [1.29, 1.82) is 0 Å². The molecule has 0 radical (unpaired) electrons. The predicted octanol–water partition coefficient (Wildman–Crippen LogP) is 6.16. The summed E-state index contributed by atoms with van der Waals surface area (Å²) in [6.07, 6.45) is -3.66. The Hall–Kier alpha value is -2.08.